The van der Waals surface area contributed by atoms with Crippen molar-refractivity contribution in [3.05, 3.63) is 0 Å². The average Bonchev–Trinajstić information content (AvgIpc) is 3.28. The maximum Gasteiger partial charge on any atom is 0.166 e. The van der Waals surface area contributed by atoms with Crippen LogP contribution in [0, 0.1) is 34.5 Å². The van der Waals surface area contributed by atoms with E-state index in [9.17, 15) is 10.2 Å². The maximum atomic E-state index is 12.3. The smallest absolute Gasteiger partial charge is 0.166 e. The van der Waals surface area contributed by atoms with Crippen LogP contribution in [0.4, 0.5) is 0 Å². The minimum Gasteiger partial charge on any atom is -0.389 e. The van der Waals surface area contributed by atoms with Gasteiger partial charge in [0.05, 0.1) is 36.6 Å². The van der Waals surface area contributed by atoms with E-state index < -0.39 is 11.4 Å². The second-order valence-electron chi connectivity index (χ2n) is 13.4. The first kappa shape index (κ1) is 25.0. The molecule has 2 heterocycles. The third-order valence-electron chi connectivity index (χ3n) is 12.2. The summed E-state index contributed by atoms with van der Waals surface area (Å²) >= 11 is 0. The maximum absolute atomic E-state index is 12.3. The Morgan fingerprint density at radius 3 is 2.51 bits per heavy atom. The molecule has 7 nitrogen and oxygen atoms in total. The zero-order chi connectivity index (χ0) is 24.8. The number of fused-ring (bicyclic) bond motifs is 4. The fourth-order valence-electron chi connectivity index (χ4n) is 10.2. The van der Waals surface area contributed by atoms with Crippen LogP contribution in [0.25, 0.3) is 0 Å². The topological polar surface area (TPSA) is 103 Å². The average molecular weight is 494 g/mol. The Bertz CT molecular complexity index is 823. The van der Waals surface area contributed by atoms with E-state index in [1.165, 1.54) is 0 Å². The molecule has 2 aliphatic heterocycles. The third kappa shape index (κ3) is 3.48. The second-order valence-corrected chi connectivity index (χ2v) is 13.4. The van der Waals surface area contributed by atoms with Crippen LogP contribution in [0.3, 0.4) is 0 Å². The molecule has 200 valence electrons. The molecule has 6 aliphatic rings. The molecule has 6 fully saturated rings. The summed E-state index contributed by atoms with van der Waals surface area (Å²) in [5.74, 6) is 0.408. The van der Waals surface area contributed by atoms with Crippen molar-refractivity contribution in [3.63, 3.8) is 0 Å². The van der Waals surface area contributed by atoms with Crippen molar-refractivity contribution in [2.24, 2.45) is 40.2 Å². The van der Waals surface area contributed by atoms with Gasteiger partial charge in [0.1, 0.15) is 0 Å². The highest BCUT2D eigenvalue weighted by Crippen LogP contribution is 2.72. The van der Waals surface area contributed by atoms with Gasteiger partial charge in [-0.1, -0.05) is 6.92 Å². The van der Waals surface area contributed by atoms with E-state index in [0.717, 1.165) is 57.8 Å². The molecule has 1 spiro atoms. The number of methoxy groups -OCH3 is 1. The highest BCUT2D eigenvalue weighted by atomic mass is 16.7. The molecule has 0 amide bonds. The summed E-state index contributed by atoms with van der Waals surface area (Å²) in [6, 6.07) is -0.116. The summed E-state index contributed by atoms with van der Waals surface area (Å²) in [6.07, 6.45) is 9.80. The van der Waals surface area contributed by atoms with Crippen LogP contribution in [0.15, 0.2) is 0 Å². The van der Waals surface area contributed by atoms with Gasteiger partial charge in [-0.05, 0) is 94.8 Å². The van der Waals surface area contributed by atoms with E-state index >= 15 is 0 Å². The third-order valence-corrected chi connectivity index (χ3v) is 12.2. The van der Waals surface area contributed by atoms with Crippen LogP contribution in [0.2, 0.25) is 0 Å². The molecule has 4 saturated carbocycles. The van der Waals surface area contributed by atoms with E-state index in [4.69, 9.17) is 24.7 Å². The van der Waals surface area contributed by atoms with Crippen LogP contribution in [0.1, 0.15) is 85.0 Å². The highest BCUT2D eigenvalue weighted by Gasteiger charge is 2.74. The molecular formula is C28H47NO6. The van der Waals surface area contributed by atoms with E-state index in [2.05, 4.69) is 6.92 Å². The lowest BCUT2D eigenvalue weighted by molar-refractivity contribution is -0.255. The first-order chi connectivity index (χ1) is 16.5. The highest BCUT2D eigenvalue weighted by molar-refractivity contribution is 5.21. The normalized spacial score (nSPS) is 59.9. The monoisotopic (exact) mass is 493 g/mol. The van der Waals surface area contributed by atoms with Crippen molar-refractivity contribution in [1.82, 2.24) is 0 Å². The van der Waals surface area contributed by atoms with Crippen LogP contribution >= 0.6 is 0 Å². The quantitative estimate of drug-likeness (QED) is 0.518. The molecule has 0 aromatic carbocycles. The zero-order valence-corrected chi connectivity index (χ0v) is 22.1. The molecule has 0 bridgehead atoms. The SMILES string of the molecule is CO[C@H]1C[C@H](O[C@H]2CC[C@@]3(C)C(CCC4C3CC[C@]35COC(C)(O)[C@H]3CC[C@]45O)C2)O[C@@H](C)[C@@H]1N. The summed E-state index contributed by atoms with van der Waals surface area (Å²) in [5.41, 5.74) is 5.50. The van der Waals surface area contributed by atoms with Crippen molar-refractivity contribution < 1.29 is 29.2 Å². The Hall–Kier alpha value is -0.280. The molecule has 4 unspecified atom stereocenters. The van der Waals surface area contributed by atoms with E-state index in [-0.39, 0.29) is 47.4 Å². The minimum absolute atomic E-state index is 0.0288. The molecule has 2 saturated heterocycles. The minimum atomic E-state index is -1.10. The van der Waals surface area contributed by atoms with Gasteiger partial charge in [-0.2, -0.15) is 0 Å². The van der Waals surface area contributed by atoms with Crippen molar-refractivity contribution in [2.45, 2.75) is 127 Å². The first-order valence-corrected chi connectivity index (χ1v) is 14.2. The Kier molecular flexibility index (Phi) is 5.98. The van der Waals surface area contributed by atoms with Gasteiger partial charge >= 0.3 is 0 Å². The van der Waals surface area contributed by atoms with Gasteiger partial charge in [0.25, 0.3) is 0 Å². The van der Waals surface area contributed by atoms with Gasteiger partial charge in [0.2, 0.25) is 0 Å². The summed E-state index contributed by atoms with van der Waals surface area (Å²) in [6.45, 7) is 6.82. The molecule has 7 heteroatoms. The van der Waals surface area contributed by atoms with Crippen molar-refractivity contribution >= 4 is 0 Å². The van der Waals surface area contributed by atoms with Gasteiger partial charge in [-0.15, -0.1) is 0 Å². The molecule has 35 heavy (non-hydrogen) atoms. The lowest BCUT2D eigenvalue weighted by Crippen LogP contribution is -2.63. The molecule has 4 aliphatic carbocycles. The van der Waals surface area contributed by atoms with Crippen molar-refractivity contribution in [3.8, 4) is 0 Å². The van der Waals surface area contributed by atoms with E-state index in [1.807, 2.05) is 13.8 Å². The molecule has 13 atom stereocenters. The lowest BCUT2D eigenvalue weighted by Gasteiger charge is -2.63. The van der Waals surface area contributed by atoms with Gasteiger partial charge < -0.3 is 34.9 Å². The van der Waals surface area contributed by atoms with Crippen LogP contribution in [-0.2, 0) is 18.9 Å². The number of ether oxygens (including phenoxy) is 4. The number of hydrogen-bond acceptors (Lipinski definition) is 7. The summed E-state index contributed by atoms with van der Waals surface area (Å²) in [7, 11) is 1.72. The molecule has 0 aromatic heterocycles. The number of rotatable bonds is 3. The fourth-order valence-corrected chi connectivity index (χ4v) is 10.2. The van der Waals surface area contributed by atoms with Gasteiger partial charge in [0.15, 0.2) is 12.1 Å². The fraction of sp³-hybridized carbons (Fsp3) is 1.00. The second kappa shape index (κ2) is 8.36. The van der Waals surface area contributed by atoms with Crippen molar-refractivity contribution in [2.75, 3.05) is 13.7 Å². The number of hydrogen-bond donors (Lipinski definition) is 3. The predicted molar refractivity (Wildman–Crippen MR) is 130 cm³/mol. The zero-order valence-electron chi connectivity index (χ0n) is 22.1. The van der Waals surface area contributed by atoms with Crippen LogP contribution in [-0.4, -0.2) is 66.0 Å². The Morgan fingerprint density at radius 1 is 0.943 bits per heavy atom. The van der Waals surface area contributed by atoms with Crippen molar-refractivity contribution in [1.29, 1.82) is 0 Å². The standard InChI is InChI=1S/C28H47NO6/c1-16-24(29)21(32-4)14-23(34-16)35-18-7-10-25(2)17(13-18)5-6-20-19(25)8-11-27-15-33-26(3,30)22(27)9-12-28(20,27)31/h16-24,30-31H,5-15,29H2,1-4H3/t16-,17?,18-,19?,20?,21-,22+,23-,24-,25-,26?,27-,28-/m0/s1. The molecular weight excluding hydrogens is 446 g/mol. The summed E-state index contributed by atoms with van der Waals surface area (Å²) < 4.78 is 24.2. The van der Waals surface area contributed by atoms with Gasteiger partial charge in [-0.3, -0.25) is 0 Å². The number of aliphatic hydroxyl groups is 2. The van der Waals surface area contributed by atoms with Gasteiger partial charge in [-0.25, -0.2) is 0 Å². The molecule has 0 radical (unpaired) electrons. The largest absolute Gasteiger partial charge is 0.389 e. The Morgan fingerprint density at radius 2 is 1.74 bits per heavy atom. The summed E-state index contributed by atoms with van der Waals surface area (Å²) in [5, 5.41) is 23.2. The lowest BCUT2D eigenvalue weighted by atomic mass is 9.43. The Labute approximate surface area is 210 Å². The number of nitrogens with two attached hydrogens (primary N) is 1. The van der Waals surface area contributed by atoms with E-state index in [1.54, 1.807) is 7.11 Å². The van der Waals surface area contributed by atoms with E-state index in [0.29, 0.717) is 30.8 Å². The summed E-state index contributed by atoms with van der Waals surface area (Å²) in [4.78, 5) is 0. The Balaban J connectivity index is 1.15. The molecule has 0 aromatic rings. The van der Waals surface area contributed by atoms with Crippen LogP contribution < -0.4 is 5.73 Å². The predicted octanol–water partition coefficient (Wildman–Crippen LogP) is 3.34. The first-order valence-electron chi connectivity index (χ1n) is 14.2. The molecule has 6 rings (SSSR count). The van der Waals surface area contributed by atoms with Gasteiger partial charge in [0, 0.05) is 24.9 Å². The van der Waals surface area contributed by atoms with Crippen LogP contribution in [0.5, 0.6) is 0 Å². The molecule has 4 N–H and O–H groups in total.